The monoisotopic (exact) mass is 318 g/mol. The minimum absolute atomic E-state index is 0.164. The number of carbonyl (C=O) groups is 1. The molecule has 0 aromatic heterocycles. The fourth-order valence-electron chi connectivity index (χ4n) is 2.94. The Balaban J connectivity index is 1.79. The topological polar surface area (TPSA) is 41.6 Å². The van der Waals surface area contributed by atoms with Crippen molar-refractivity contribution in [2.75, 3.05) is 18.9 Å². The highest BCUT2D eigenvalue weighted by molar-refractivity contribution is 5.81. The van der Waals surface area contributed by atoms with Gasteiger partial charge in [-0.1, -0.05) is 26.2 Å². The van der Waals surface area contributed by atoms with Gasteiger partial charge in [-0.3, -0.25) is 4.79 Å². The molecule has 0 heterocycles. The number of benzene rings is 1. The number of nitrogens with zero attached hydrogens (tertiary/aromatic N) is 1. The van der Waals surface area contributed by atoms with E-state index in [2.05, 4.69) is 19.2 Å². The lowest BCUT2D eigenvalue weighted by Gasteiger charge is -2.31. The molecule has 1 unspecified atom stereocenters. The van der Waals surface area contributed by atoms with Gasteiger partial charge < -0.3 is 15.0 Å². The smallest absolute Gasteiger partial charge is 0.241 e. The Kier molecular flexibility index (Phi) is 6.75. The van der Waals surface area contributed by atoms with Crippen molar-refractivity contribution in [3.63, 3.8) is 0 Å². The van der Waals surface area contributed by atoms with E-state index >= 15 is 0 Å². The van der Waals surface area contributed by atoms with Crippen LogP contribution in [0, 0.1) is 0 Å². The lowest BCUT2D eigenvalue weighted by molar-refractivity contribution is -0.130. The average Bonchev–Trinajstić information content (AvgIpc) is 2.60. The van der Waals surface area contributed by atoms with Gasteiger partial charge in [0.25, 0.3) is 0 Å². The first-order valence-electron chi connectivity index (χ1n) is 8.86. The minimum Gasteiger partial charge on any atom is -0.491 e. The maximum absolute atomic E-state index is 12.3. The summed E-state index contributed by atoms with van der Waals surface area (Å²) in [5, 5.41) is 3.21. The zero-order valence-electron chi connectivity index (χ0n) is 14.7. The molecule has 1 aromatic rings. The summed E-state index contributed by atoms with van der Waals surface area (Å²) >= 11 is 0. The standard InChI is InChI=1S/C19H30N2O2/c1-4-15(2)23-18-12-10-16(11-13-18)20-14-19(22)21(3)17-8-6-5-7-9-17/h10-13,15,17,20H,4-9,14H2,1-3H3. The number of hydrogen-bond donors (Lipinski definition) is 1. The number of nitrogens with one attached hydrogen (secondary N) is 1. The van der Waals surface area contributed by atoms with Gasteiger partial charge in [0.2, 0.25) is 5.91 Å². The number of carbonyl (C=O) groups excluding carboxylic acids is 1. The Labute approximate surface area is 140 Å². The van der Waals surface area contributed by atoms with Crippen molar-refractivity contribution in [2.24, 2.45) is 0 Å². The van der Waals surface area contributed by atoms with E-state index < -0.39 is 0 Å². The Morgan fingerprint density at radius 2 is 1.91 bits per heavy atom. The van der Waals surface area contributed by atoms with Crippen LogP contribution in [0.3, 0.4) is 0 Å². The molecule has 0 bridgehead atoms. The van der Waals surface area contributed by atoms with Gasteiger partial charge >= 0.3 is 0 Å². The molecule has 0 radical (unpaired) electrons. The van der Waals surface area contributed by atoms with E-state index in [0.29, 0.717) is 12.6 Å². The lowest BCUT2D eigenvalue weighted by atomic mass is 9.94. The maximum Gasteiger partial charge on any atom is 0.241 e. The van der Waals surface area contributed by atoms with E-state index in [0.717, 1.165) is 30.7 Å². The van der Waals surface area contributed by atoms with Gasteiger partial charge in [0.05, 0.1) is 12.6 Å². The van der Waals surface area contributed by atoms with E-state index in [9.17, 15) is 4.79 Å². The maximum atomic E-state index is 12.3. The number of anilines is 1. The Bertz CT molecular complexity index is 481. The van der Waals surface area contributed by atoms with Crippen molar-refractivity contribution >= 4 is 11.6 Å². The molecule has 4 heteroatoms. The van der Waals surface area contributed by atoms with Crippen LogP contribution in [0.15, 0.2) is 24.3 Å². The molecule has 1 aliphatic carbocycles. The van der Waals surface area contributed by atoms with Crippen molar-refractivity contribution < 1.29 is 9.53 Å². The van der Waals surface area contributed by atoms with Crippen LogP contribution in [0.25, 0.3) is 0 Å². The average molecular weight is 318 g/mol. The van der Waals surface area contributed by atoms with Crippen LogP contribution in [-0.2, 0) is 4.79 Å². The summed E-state index contributed by atoms with van der Waals surface area (Å²) in [6.45, 7) is 4.51. The molecule has 1 aliphatic rings. The van der Waals surface area contributed by atoms with Crippen LogP contribution in [0.2, 0.25) is 0 Å². The van der Waals surface area contributed by atoms with Gasteiger partial charge in [-0.05, 0) is 50.5 Å². The largest absolute Gasteiger partial charge is 0.491 e. The van der Waals surface area contributed by atoms with Crippen molar-refractivity contribution in [3.05, 3.63) is 24.3 Å². The molecule has 1 aromatic carbocycles. The second-order valence-corrected chi connectivity index (χ2v) is 6.51. The number of amides is 1. The summed E-state index contributed by atoms with van der Waals surface area (Å²) in [5.74, 6) is 1.03. The van der Waals surface area contributed by atoms with Crippen molar-refractivity contribution in [2.45, 2.75) is 64.5 Å². The molecule has 1 saturated carbocycles. The molecule has 0 saturated heterocycles. The van der Waals surface area contributed by atoms with E-state index in [1.807, 2.05) is 36.2 Å². The highest BCUT2D eigenvalue weighted by Gasteiger charge is 2.21. The van der Waals surface area contributed by atoms with E-state index in [-0.39, 0.29) is 12.0 Å². The first kappa shape index (κ1) is 17.6. The number of likely N-dealkylation sites (N-methyl/N-ethyl adjacent to an activating group) is 1. The van der Waals surface area contributed by atoms with E-state index in [4.69, 9.17) is 4.74 Å². The number of rotatable bonds is 7. The van der Waals surface area contributed by atoms with Gasteiger partial charge in [0.15, 0.2) is 0 Å². The fourth-order valence-corrected chi connectivity index (χ4v) is 2.94. The van der Waals surface area contributed by atoms with Crippen molar-refractivity contribution in [1.82, 2.24) is 4.90 Å². The molecule has 1 fully saturated rings. The third-order valence-electron chi connectivity index (χ3n) is 4.73. The second-order valence-electron chi connectivity index (χ2n) is 6.51. The van der Waals surface area contributed by atoms with Crippen LogP contribution < -0.4 is 10.1 Å². The Hall–Kier alpha value is -1.71. The minimum atomic E-state index is 0.164. The predicted molar refractivity (Wildman–Crippen MR) is 95.0 cm³/mol. The molecular formula is C19H30N2O2. The van der Waals surface area contributed by atoms with Gasteiger partial charge in [0, 0.05) is 18.8 Å². The second kappa shape index (κ2) is 8.80. The third-order valence-corrected chi connectivity index (χ3v) is 4.73. The molecule has 2 rings (SSSR count). The predicted octanol–water partition coefficient (Wildman–Crippen LogP) is 4.07. The van der Waals surface area contributed by atoms with Crippen LogP contribution in [0.4, 0.5) is 5.69 Å². The Morgan fingerprint density at radius 3 is 2.52 bits per heavy atom. The summed E-state index contributed by atoms with van der Waals surface area (Å²) in [6, 6.07) is 8.24. The molecule has 1 atom stereocenters. The molecule has 128 valence electrons. The van der Waals surface area contributed by atoms with Crippen LogP contribution in [-0.4, -0.2) is 36.5 Å². The highest BCUT2D eigenvalue weighted by Crippen LogP contribution is 2.22. The normalized spacial score (nSPS) is 16.7. The Morgan fingerprint density at radius 1 is 1.26 bits per heavy atom. The summed E-state index contributed by atoms with van der Waals surface area (Å²) in [7, 11) is 1.93. The summed E-state index contributed by atoms with van der Waals surface area (Å²) in [5.41, 5.74) is 0.951. The number of hydrogen-bond acceptors (Lipinski definition) is 3. The van der Waals surface area contributed by atoms with Crippen LogP contribution >= 0.6 is 0 Å². The number of ether oxygens (including phenoxy) is 1. The molecular weight excluding hydrogens is 288 g/mol. The third kappa shape index (κ3) is 5.45. The van der Waals surface area contributed by atoms with Gasteiger partial charge in [-0.2, -0.15) is 0 Å². The lowest BCUT2D eigenvalue weighted by Crippen LogP contribution is -2.41. The molecule has 1 N–H and O–H groups in total. The van der Waals surface area contributed by atoms with Crippen molar-refractivity contribution in [1.29, 1.82) is 0 Å². The molecule has 23 heavy (non-hydrogen) atoms. The van der Waals surface area contributed by atoms with Gasteiger partial charge in [-0.15, -0.1) is 0 Å². The highest BCUT2D eigenvalue weighted by atomic mass is 16.5. The van der Waals surface area contributed by atoms with E-state index in [1.54, 1.807) is 0 Å². The quantitative estimate of drug-likeness (QED) is 0.824. The fraction of sp³-hybridized carbons (Fsp3) is 0.632. The first-order chi connectivity index (χ1) is 11.1. The van der Waals surface area contributed by atoms with Crippen LogP contribution in [0.1, 0.15) is 52.4 Å². The van der Waals surface area contributed by atoms with Crippen molar-refractivity contribution in [3.8, 4) is 5.75 Å². The summed E-state index contributed by atoms with van der Waals surface area (Å²) < 4.78 is 5.76. The zero-order valence-corrected chi connectivity index (χ0v) is 14.7. The summed E-state index contributed by atoms with van der Waals surface area (Å²) in [4.78, 5) is 14.2. The molecule has 4 nitrogen and oxygen atoms in total. The zero-order chi connectivity index (χ0) is 16.7. The SMILES string of the molecule is CCC(C)Oc1ccc(NCC(=O)N(C)C2CCCCC2)cc1. The van der Waals surface area contributed by atoms with Crippen LogP contribution in [0.5, 0.6) is 5.75 Å². The van der Waals surface area contributed by atoms with Gasteiger partial charge in [0.1, 0.15) is 5.75 Å². The molecule has 0 spiro atoms. The van der Waals surface area contributed by atoms with E-state index in [1.165, 1.54) is 19.3 Å². The molecule has 0 aliphatic heterocycles. The van der Waals surface area contributed by atoms with Gasteiger partial charge in [-0.25, -0.2) is 0 Å². The molecule has 1 amide bonds. The first-order valence-corrected chi connectivity index (χ1v) is 8.86. The summed E-state index contributed by atoms with van der Waals surface area (Å²) in [6.07, 6.45) is 7.29.